The Hall–Kier alpha value is -3.65. The Morgan fingerprint density at radius 1 is 1.21 bits per heavy atom. The van der Waals surface area contributed by atoms with E-state index >= 15 is 0 Å². The van der Waals surface area contributed by atoms with Crippen molar-refractivity contribution in [3.63, 3.8) is 0 Å². The average Bonchev–Trinajstić information content (AvgIpc) is 3.62. The Balaban J connectivity index is 1.47. The molecule has 0 radical (unpaired) electrons. The van der Waals surface area contributed by atoms with Crippen molar-refractivity contribution in [1.29, 1.82) is 0 Å². The molecule has 8 nitrogen and oxygen atoms in total. The molecule has 1 atom stereocenters. The fraction of sp³-hybridized carbons (Fsp3) is 0.346. The molecule has 1 aliphatic heterocycles. The number of hydrogen-bond acceptors (Lipinski definition) is 6. The molecule has 0 spiro atoms. The lowest BCUT2D eigenvalue weighted by Crippen LogP contribution is -2.37. The van der Waals surface area contributed by atoms with Crippen LogP contribution in [0.3, 0.4) is 0 Å². The van der Waals surface area contributed by atoms with E-state index in [2.05, 4.69) is 27.4 Å². The van der Waals surface area contributed by atoms with Crippen LogP contribution < -0.4 is 10.1 Å². The second-order valence-corrected chi connectivity index (χ2v) is 8.69. The number of ether oxygens (including phenoxy) is 1. The number of aromatic nitrogens is 3. The molecule has 1 saturated heterocycles. The second kappa shape index (κ2) is 9.30. The molecular formula is C26H29N5O3. The van der Waals surface area contributed by atoms with Crippen LogP contribution in [-0.4, -0.2) is 52.3 Å². The summed E-state index contributed by atoms with van der Waals surface area (Å²) in [6, 6.07) is 13.6. The molecule has 34 heavy (non-hydrogen) atoms. The first-order chi connectivity index (χ1) is 16.5. The molecule has 1 unspecified atom stereocenters. The van der Waals surface area contributed by atoms with Crippen LogP contribution in [0.4, 0.5) is 0 Å². The van der Waals surface area contributed by atoms with Crippen LogP contribution in [0.25, 0.3) is 22.5 Å². The third kappa shape index (κ3) is 4.17. The summed E-state index contributed by atoms with van der Waals surface area (Å²) >= 11 is 0. The van der Waals surface area contributed by atoms with Gasteiger partial charge >= 0.3 is 0 Å². The van der Waals surface area contributed by atoms with E-state index in [1.807, 2.05) is 38.2 Å². The highest BCUT2D eigenvalue weighted by Crippen LogP contribution is 2.29. The van der Waals surface area contributed by atoms with E-state index in [4.69, 9.17) is 14.1 Å². The van der Waals surface area contributed by atoms with E-state index in [0.29, 0.717) is 29.2 Å². The van der Waals surface area contributed by atoms with Crippen LogP contribution >= 0.6 is 0 Å². The molecule has 1 N–H and O–H groups in total. The summed E-state index contributed by atoms with van der Waals surface area (Å²) in [6.45, 7) is 4.42. The van der Waals surface area contributed by atoms with Crippen molar-refractivity contribution in [2.75, 3.05) is 26.7 Å². The van der Waals surface area contributed by atoms with E-state index in [1.165, 1.54) is 12.8 Å². The Morgan fingerprint density at radius 3 is 2.76 bits per heavy atom. The highest BCUT2D eigenvalue weighted by molar-refractivity contribution is 6.07. The first-order valence-corrected chi connectivity index (χ1v) is 11.6. The molecule has 1 fully saturated rings. The van der Waals surface area contributed by atoms with Crippen molar-refractivity contribution in [2.24, 2.45) is 7.05 Å². The molecule has 1 amide bonds. The lowest BCUT2D eigenvalue weighted by Gasteiger charge is -2.28. The minimum Gasteiger partial charge on any atom is -0.497 e. The molecule has 3 aromatic heterocycles. The van der Waals surface area contributed by atoms with Crippen LogP contribution in [0.15, 0.2) is 53.1 Å². The highest BCUT2D eigenvalue weighted by Gasteiger charge is 2.26. The Labute approximate surface area is 198 Å². The van der Waals surface area contributed by atoms with Gasteiger partial charge in [0.25, 0.3) is 5.91 Å². The van der Waals surface area contributed by atoms with E-state index in [9.17, 15) is 4.79 Å². The number of aryl methyl sites for hydroxylation is 2. The maximum Gasteiger partial charge on any atom is 0.252 e. The monoisotopic (exact) mass is 459 g/mol. The van der Waals surface area contributed by atoms with Crippen LogP contribution in [-0.2, 0) is 7.05 Å². The Kier molecular flexibility index (Phi) is 6.06. The van der Waals surface area contributed by atoms with E-state index in [-0.39, 0.29) is 11.9 Å². The van der Waals surface area contributed by atoms with Gasteiger partial charge in [0.15, 0.2) is 11.4 Å². The third-order valence-electron chi connectivity index (χ3n) is 6.50. The van der Waals surface area contributed by atoms with Gasteiger partial charge in [0.2, 0.25) is 0 Å². The number of carbonyl (C=O) groups is 1. The summed E-state index contributed by atoms with van der Waals surface area (Å²) in [4.78, 5) is 20.7. The van der Waals surface area contributed by atoms with Crippen LogP contribution in [0.1, 0.15) is 40.5 Å². The topological polar surface area (TPSA) is 85.4 Å². The Bertz CT molecular complexity index is 1310. The van der Waals surface area contributed by atoms with E-state index in [1.54, 1.807) is 24.1 Å². The number of carbonyl (C=O) groups excluding carboxylic acids is 1. The molecule has 4 heterocycles. The van der Waals surface area contributed by atoms with Gasteiger partial charge in [-0.1, -0.05) is 12.1 Å². The maximum absolute atomic E-state index is 13.6. The van der Waals surface area contributed by atoms with Gasteiger partial charge < -0.3 is 14.5 Å². The quantitative estimate of drug-likeness (QED) is 0.448. The largest absolute Gasteiger partial charge is 0.497 e. The van der Waals surface area contributed by atoms with Crippen molar-refractivity contribution >= 4 is 16.9 Å². The number of nitrogens with one attached hydrogen (secondary N) is 1. The number of hydrogen-bond donors (Lipinski definition) is 1. The fourth-order valence-electron chi connectivity index (χ4n) is 4.82. The van der Waals surface area contributed by atoms with Gasteiger partial charge in [0.1, 0.15) is 11.4 Å². The SMILES string of the molecule is COc1cccc(C(CNC(=O)c2cc(-c3ccco3)nc3c2c(C)nn3C)N2CCCC2)c1. The molecule has 5 rings (SSSR count). The fourth-order valence-corrected chi connectivity index (χ4v) is 4.82. The minimum absolute atomic E-state index is 0.0680. The van der Waals surface area contributed by atoms with Gasteiger partial charge in [-0.15, -0.1) is 0 Å². The number of nitrogens with zero attached hydrogens (tertiary/aromatic N) is 4. The molecule has 176 valence electrons. The number of rotatable bonds is 7. The maximum atomic E-state index is 13.6. The zero-order valence-electron chi connectivity index (χ0n) is 19.7. The molecule has 0 saturated carbocycles. The summed E-state index contributed by atoms with van der Waals surface area (Å²) in [5.41, 5.74) is 3.71. The Morgan fingerprint density at radius 2 is 2.03 bits per heavy atom. The normalized spacial score (nSPS) is 15.0. The van der Waals surface area contributed by atoms with Gasteiger partial charge in [0.05, 0.1) is 36.1 Å². The molecular weight excluding hydrogens is 430 g/mol. The first-order valence-electron chi connectivity index (χ1n) is 11.6. The standard InChI is InChI=1S/C26H29N5O3/c1-17-24-20(15-21(23-10-7-13-34-23)28-25(24)30(2)29-17)26(32)27-16-22(31-11-4-5-12-31)18-8-6-9-19(14-18)33-3/h6-10,13-15,22H,4-5,11-12,16H2,1-3H3,(H,27,32). The molecule has 1 aromatic carbocycles. The van der Waals surface area contributed by atoms with Gasteiger partial charge in [-0.2, -0.15) is 5.10 Å². The number of likely N-dealkylation sites (tertiary alicyclic amines) is 1. The highest BCUT2D eigenvalue weighted by atomic mass is 16.5. The van der Waals surface area contributed by atoms with Gasteiger partial charge in [-0.25, -0.2) is 4.98 Å². The first kappa shape index (κ1) is 22.2. The second-order valence-electron chi connectivity index (χ2n) is 8.69. The molecule has 1 aliphatic rings. The average molecular weight is 460 g/mol. The van der Waals surface area contributed by atoms with Crippen LogP contribution in [0.5, 0.6) is 5.75 Å². The molecule has 0 aliphatic carbocycles. The zero-order valence-corrected chi connectivity index (χ0v) is 19.7. The van der Waals surface area contributed by atoms with E-state index in [0.717, 1.165) is 35.5 Å². The van der Waals surface area contributed by atoms with Gasteiger partial charge in [-0.05, 0) is 68.8 Å². The lowest BCUT2D eigenvalue weighted by molar-refractivity contribution is 0.0939. The number of amides is 1. The summed E-state index contributed by atoms with van der Waals surface area (Å²) in [7, 11) is 3.51. The summed E-state index contributed by atoms with van der Waals surface area (Å²) < 4.78 is 12.7. The smallest absolute Gasteiger partial charge is 0.252 e. The number of methoxy groups -OCH3 is 1. The molecule has 0 bridgehead atoms. The summed E-state index contributed by atoms with van der Waals surface area (Å²) in [5.74, 6) is 1.28. The number of fused-ring (bicyclic) bond motifs is 1. The van der Waals surface area contributed by atoms with Crippen LogP contribution in [0, 0.1) is 6.92 Å². The van der Waals surface area contributed by atoms with Gasteiger partial charge in [0, 0.05) is 13.6 Å². The number of furan rings is 1. The zero-order chi connectivity index (χ0) is 23.7. The van der Waals surface area contributed by atoms with Crippen molar-refractivity contribution in [1.82, 2.24) is 25.0 Å². The number of pyridine rings is 1. The van der Waals surface area contributed by atoms with Crippen molar-refractivity contribution in [2.45, 2.75) is 25.8 Å². The molecule has 8 heteroatoms. The summed E-state index contributed by atoms with van der Waals surface area (Å²) in [6.07, 6.45) is 3.94. The number of benzene rings is 1. The lowest BCUT2D eigenvalue weighted by atomic mass is 10.0. The van der Waals surface area contributed by atoms with Crippen LogP contribution in [0.2, 0.25) is 0 Å². The minimum atomic E-state index is -0.150. The van der Waals surface area contributed by atoms with E-state index < -0.39 is 0 Å². The van der Waals surface area contributed by atoms with Crippen molar-refractivity contribution < 1.29 is 13.9 Å². The van der Waals surface area contributed by atoms with Gasteiger partial charge in [-0.3, -0.25) is 14.4 Å². The predicted octanol–water partition coefficient (Wildman–Crippen LogP) is 4.11. The third-order valence-corrected chi connectivity index (χ3v) is 6.50. The summed E-state index contributed by atoms with van der Waals surface area (Å²) in [5, 5.41) is 8.46. The van der Waals surface area contributed by atoms with Crippen molar-refractivity contribution in [3.8, 4) is 17.2 Å². The predicted molar refractivity (Wildman–Crippen MR) is 130 cm³/mol. The molecule has 4 aromatic rings. The van der Waals surface area contributed by atoms with Crippen molar-refractivity contribution in [3.05, 3.63) is 65.5 Å².